The first-order chi connectivity index (χ1) is 12.2. The summed E-state index contributed by atoms with van der Waals surface area (Å²) in [5.74, 6) is 0.907. The average molecular weight is 357 g/mol. The topological polar surface area (TPSA) is 78.2 Å². The molecule has 0 bridgehead atoms. The van der Waals surface area contributed by atoms with E-state index in [9.17, 15) is 10.1 Å². The second-order valence-electron chi connectivity index (χ2n) is 5.64. The minimum absolute atomic E-state index is 0.114. The minimum Gasteiger partial charge on any atom is -0.493 e. The molecule has 2 aromatic heterocycles. The SMILES string of the molecule is CCOc1ccncc1CCCCc1nc2ccc([N+](=O)[O-])cc2s1. The predicted octanol–water partition coefficient (Wildman–Crippen LogP) is 4.56. The number of hydrogen-bond acceptors (Lipinski definition) is 6. The van der Waals surface area contributed by atoms with Crippen molar-refractivity contribution in [2.45, 2.75) is 32.6 Å². The van der Waals surface area contributed by atoms with Gasteiger partial charge in [-0.3, -0.25) is 15.1 Å². The van der Waals surface area contributed by atoms with Crippen LogP contribution in [0.4, 0.5) is 5.69 Å². The zero-order valence-electron chi connectivity index (χ0n) is 14.0. The summed E-state index contributed by atoms with van der Waals surface area (Å²) < 4.78 is 6.49. The van der Waals surface area contributed by atoms with E-state index >= 15 is 0 Å². The van der Waals surface area contributed by atoms with Gasteiger partial charge < -0.3 is 4.74 Å². The second-order valence-corrected chi connectivity index (χ2v) is 6.76. The highest BCUT2D eigenvalue weighted by Crippen LogP contribution is 2.27. The van der Waals surface area contributed by atoms with Gasteiger partial charge in [0.2, 0.25) is 0 Å². The van der Waals surface area contributed by atoms with E-state index in [0.717, 1.165) is 52.2 Å². The van der Waals surface area contributed by atoms with Gasteiger partial charge in [-0.25, -0.2) is 4.98 Å². The number of rotatable bonds is 8. The summed E-state index contributed by atoms with van der Waals surface area (Å²) in [6.45, 7) is 2.62. The molecule has 7 heteroatoms. The number of thiazole rings is 1. The Morgan fingerprint density at radius 2 is 2.08 bits per heavy atom. The van der Waals surface area contributed by atoms with Crippen LogP contribution in [0.3, 0.4) is 0 Å². The fourth-order valence-electron chi connectivity index (χ4n) is 2.67. The van der Waals surface area contributed by atoms with Crippen LogP contribution in [0.1, 0.15) is 30.3 Å². The first-order valence-corrected chi connectivity index (χ1v) is 9.08. The summed E-state index contributed by atoms with van der Waals surface area (Å²) in [5.41, 5.74) is 2.07. The van der Waals surface area contributed by atoms with Gasteiger partial charge >= 0.3 is 0 Å². The third kappa shape index (κ3) is 4.30. The van der Waals surface area contributed by atoms with Gasteiger partial charge in [0.1, 0.15) is 5.75 Å². The molecule has 0 aliphatic carbocycles. The maximum Gasteiger partial charge on any atom is 0.270 e. The fourth-order valence-corrected chi connectivity index (χ4v) is 3.71. The molecular weight excluding hydrogens is 338 g/mol. The summed E-state index contributed by atoms with van der Waals surface area (Å²) in [5, 5.41) is 11.9. The number of nitro benzene ring substituents is 1. The summed E-state index contributed by atoms with van der Waals surface area (Å²) >= 11 is 1.53. The maximum absolute atomic E-state index is 10.8. The number of aromatic nitrogens is 2. The van der Waals surface area contributed by atoms with E-state index < -0.39 is 0 Å². The summed E-state index contributed by atoms with van der Waals surface area (Å²) in [4.78, 5) is 19.2. The van der Waals surface area contributed by atoms with Crippen molar-refractivity contribution >= 4 is 27.2 Å². The molecule has 0 aliphatic heterocycles. The number of nitrogens with zero attached hydrogens (tertiary/aromatic N) is 3. The number of pyridine rings is 1. The Balaban J connectivity index is 1.57. The molecule has 3 aromatic rings. The number of unbranched alkanes of at least 4 members (excludes halogenated alkanes) is 1. The van der Waals surface area contributed by atoms with Gasteiger partial charge in [-0.05, 0) is 44.7 Å². The van der Waals surface area contributed by atoms with Crippen LogP contribution in [-0.2, 0) is 12.8 Å². The van der Waals surface area contributed by atoms with Crippen molar-refractivity contribution < 1.29 is 9.66 Å². The standard InChI is InChI=1S/C18H19N3O3S/c1-2-24-16-9-10-19-12-13(16)5-3-4-6-18-20-15-8-7-14(21(22)23)11-17(15)25-18/h7-12H,2-6H2,1H3. The molecular formula is C18H19N3O3S. The third-order valence-corrected chi connectivity index (χ3v) is 4.95. The molecule has 0 fully saturated rings. The van der Waals surface area contributed by atoms with Gasteiger partial charge in [-0.15, -0.1) is 11.3 Å². The molecule has 2 heterocycles. The molecule has 0 saturated heterocycles. The van der Waals surface area contributed by atoms with Gasteiger partial charge in [0.05, 0.1) is 26.8 Å². The number of benzene rings is 1. The second kappa shape index (κ2) is 8.02. The lowest BCUT2D eigenvalue weighted by atomic mass is 10.1. The molecule has 0 N–H and O–H groups in total. The van der Waals surface area contributed by atoms with Crippen molar-refractivity contribution in [1.82, 2.24) is 9.97 Å². The Morgan fingerprint density at radius 1 is 1.24 bits per heavy atom. The Morgan fingerprint density at radius 3 is 2.88 bits per heavy atom. The van der Waals surface area contributed by atoms with E-state index in [1.165, 1.54) is 17.4 Å². The number of hydrogen-bond donors (Lipinski definition) is 0. The predicted molar refractivity (Wildman–Crippen MR) is 98.3 cm³/mol. The Hall–Kier alpha value is -2.54. The van der Waals surface area contributed by atoms with Gasteiger partial charge in [-0.2, -0.15) is 0 Å². The molecule has 25 heavy (non-hydrogen) atoms. The summed E-state index contributed by atoms with van der Waals surface area (Å²) in [6.07, 6.45) is 7.41. The molecule has 3 rings (SSSR count). The smallest absolute Gasteiger partial charge is 0.270 e. The van der Waals surface area contributed by atoms with Crippen LogP contribution in [0.15, 0.2) is 36.7 Å². The van der Waals surface area contributed by atoms with E-state index in [0.29, 0.717) is 6.61 Å². The van der Waals surface area contributed by atoms with E-state index in [1.54, 1.807) is 18.3 Å². The van der Waals surface area contributed by atoms with Crippen molar-refractivity contribution in [3.63, 3.8) is 0 Å². The molecule has 0 amide bonds. The average Bonchev–Trinajstić information content (AvgIpc) is 3.02. The number of nitro groups is 1. The first-order valence-electron chi connectivity index (χ1n) is 8.27. The lowest BCUT2D eigenvalue weighted by Crippen LogP contribution is -1.98. The Kier molecular flexibility index (Phi) is 5.55. The highest BCUT2D eigenvalue weighted by atomic mass is 32.1. The quantitative estimate of drug-likeness (QED) is 0.335. The van der Waals surface area contributed by atoms with E-state index in [2.05, 4.69) is 9.97 Å². The lowest BCUT2D eigenvalue weighted by molar-refractivity contribution is -0.384. The highest BCUT2D eigenvalue weighted by molar-refractivity contribution is 7.18. The van der Waals surface area contributed by atoms with Gasteiger partial charge in [0, 0.05) is 30.1 Å². The summed E-state index contributed by atoms with van der Waals surface area (Å²) in [7, 11) is 0. The third-order valence-electron chi connectivity index (χ3n) is 3.87. The highest BCUT2D eigenvalue weighted by Gasteiger charge is 2.10. The normalized spacial score (nSPS) is 10.9. The van der Waals surface area contributed by atoms with Crippen LogP contribution in [0.2, 0.25) is 0 Å². The van der Waals surface area contributed by atoms with Gasteiger partial charge in [-0.1, -0.05) is 0 Å². The molecule has 0 radical (unpaired) electrons. The molecule has 6 nitrogen and oxygen atoms in total. The fraction of sp³-hybridized carbons (Fsp3) is 0.333. The molecule has 130 valence electrons. The van der Waals surface area contributed by atoms with Crippen molar-refractivity contribution in [3.8, 4) is 5.75 Å². The van der Waals surface area contributed by atoms with Crippen LogP contribution in [-0.4, -0.2) is 21.5 Å². The number of ether oxygens (including phenoxy) is 1. The van der Waals surface area contributed by atoms with E-state index in [1.807, 2.05) is 19.2 Å². The van der Waals surface area contributed by atoms with Gasteiger partial charge in [0.25, 0.3) is 5.69 Å². The first kappa shape index (κ1) is 17.3. The zero-order valence-corrected chi connectivity index (χ0v) is 14.8. The number of fused-ring (bicyclic) bond motifs is 1. The molecule has 0 saturated carbocycles. The van der Waals surface area contributed by atoms with Crippen molar-refractivity contribution in [2.75, 3.05) is 6.61 Å². The molecule has 0 aliphatic rings. The number of non-ortho nitro benzene ring substituents is 1. The molecule has 0 unspecified atom stereocenters. The Labute approximate surface area is 149 Å². The van der Waals surface area contributed by atoms with Gasteiger partial charge in [0.15, 0.2) is 0 Å². The van der Waals surface area contributed by atoms with Crippen LogP contribution in [0, 0.1) is 10.1 Å². The molecule has 0 atom stereocenters. The largest absolute Gasteiger partial charge is 0.493 e. The van der Waals surface area contributed by atoms with E-state index in [4.69, 9.17) is 4.74 Å². The Bertz CT molecular complexity index is 879. The zero-order chi connectivity index (χ0) is 17.6. The van der Waals surface area contributed by atoms with Crippen molar-refractivity contribution in [2.24, 2.45) is 0 Å². The van der Waals surface area contributed by atoms with Crippen LogP contribution < -0.4 is 4.74 Å². The van der Waals surface area contributed by atoms with E-state index in [-0.39, 0.29) is 10.6 Å². The van der Waals surface area contributed by atoms with Crippen LogP contribution >= 0.6 is 11.3 Å². The van der Waals surface area contributed by atoms with Crippen LogP contribution in [0.25, 0.3) is 10.2 Å². The number of aryl methyl sites for hydroxylation is 2. The minimum atomic E-state index is -0.372. The van der Waals surface area contributed by atoms with Crippen molar-refractivity contribution in [1.29, 1.82) is 0 Å². The molecule has 1 aromatic carbocycles. The molecule has 0 spiro atoms. The summed E-state index contributed by atoms with van der Waals surface area (Å²) in [6, 6.07) is 6.72. The maximum atomic E-state index is 10.8. The monoisotopic (exact) mass is 357 g/mol. The lowest BCUT2D eigenvalue weighted by Gasteiger charge is -2.08. The van der Waals surface area contributed by atoms with Crippen LogP contribution in [0.5, 0.6) is 5.75 Å². The van der Waals surface area contributed by atoms with Crippen molar-refractivity contribution in [3.05, 3.63) is 57.3 Å².